The Kier molecular flexibility index (Phi) is 5.70. The van der Waals surface area contributed by atoms with Gasteiger partial charge in [-0.25, -0.2) is 4.99 Å². The number of benzene rings is 2. The number of methoxy groups -OCH3 is 2. The predicted molar refractivity (Wildman–Crippen MR) is 108 cm³/mol. The minimum atomic E-state index is -0.792. The van der Waals surface area contributed by atoms with Crippen LogP contribution in [0.5, 0.6) is 11.5 Å². The fourth-order valence-corrected chi connectivity index (χ4v) is 3.14. The highest BCUT2D eigenvalue weighted by atomic mass is 16.5. The highest BCUT2D eigenvalue weighted by Crippen LogP contribution is 2.38. The van der Waals surface area contributed by atoms with Gasteiger partial charge in [0.1, 0.15) is 18.6 Å². The van der Waals surface area contributed by atoms with E-state index in [0.29, 0.717) is 40.8 Å². The van der Waals surface area contributed by atoms with Crippen LogP contribution in [0, 0.1) is 17.2 Å². The lowest BCUT2D eigenvalue weighted by Crippen LogP contribution is -2.17. The van der Waals surface area contributed by atoms with Gasteiger partial charge in [0.25, 0.3) is 0 Å². The second kappa shape index (κ2) is 8.35. The van der Waals surface area contributed by atoms with Crippen LogP contribution in [0.25, 0.3) is 5.57 Å². The molecule has 1 aliphatic heterocycles. The zero-order chi connectivity index (χ0) is 20.1. The number of anilines is 1. The number of rotatable bonds is 6. The van der Waals surface area contributed by atoms with E-state index in [1.165, 1.54) is 20.4 Å². The van der Waals surface area contributed by atoms with Crippen molar-refractivity contribution in [1.82, 2.24) is 0 Å². The molecule has 7 heteroatoms. The van der Waals surface area contributed by atoms with Gasteiger partial charge in [0.15, 0.2) is 11.5 Å². The maximum Gasteiger partial charge on any atom is 0.206 e. The van der Waals surface area contributed by atoms with Crippen molar-refractivity contribution >= 4 is 17.2 Å². The lowest BCUT2D eigenvalue weighted by molar-refractivity contribution is 0.310. The number of nitrogens with two attached hydrogens (primary N) is 2. The van der Waals surface area contributed by atoms with Gasteiger partial charge in [0.05, 0.1) is 20.3 Å². The van der Waals surface area contributed by atoms with E-state index in [-0.39, 0.29) is 6.04 Å². The minimum absolute atomic E-state index is 0.158. The van der Waals surface area contributed by atoms with Gasteiger partial charge in [-0.05, 0) is 17.8 Å². The van der Waals surface area contributed by atoms with Crippen molar-refractivity contribution in [3.05, 3.63) is 59.8 Å². The molecule has 3 rings (SSSR count). The Bertz CT molecular complexity index is 948. The average Bonchev–Trinajstić information content (AvgIpc) is 3.22. The van der Waals surface area contributed by atoms with Crippen molar-refractivity contribution in [2.45, 2.75) is 6.04 Å². The van der Waals surface area contributed by atoms with Crippen molar-refractivity contribution in [1.29, 1.82) is 5.26 Å². The van der Waals surface area contributed by atoms with Crippen LogP contribution in [-0.2, 0) is 4.74 Å². The molecule has 0 bridgehead atoms. The maximum atomic E-state index is 9.82. The largest absolute Gasteiger partial charge is 0.493 e. The summed E-state index contributed by atoms with van der Waals surface area (Å²) in [6.45, 7) is 0.372. The summed E-state index contributed by atoms with van der Waals surface area (Å²) in [5.41, 5.74) is 14.6. The van der Waals surface area contributed by atoms with Crippen LogP contribution in [0.15, 0.2) is 53.7 Å². The standard InChI is InChI=1S/C21H22N4O3/c1-26-19-8-14(17(24)9-20(19)27-2)15(10-22)16(11-23)21-25-18(12-28-21)13-6-4-3-5-7-13/h3-10,16,18H,12,22,24H2,1-2H3/b15-10+. The first-order chi connectivity index (χ1) is 13.6. The van der Waals surface area contributed by atoms with Gasteiger partial charge in [0, 0.05) is 22.9 Å². The van der Waals surface area contributed by atoms with E-state index in [1.54, 1.807) is 12.1 Å². The summed E-state index contributed by atoms with van der Waals surface area (Å²) < 4.78 is 16.4. The third kappa shape index (κ3) is 3.58. The van der Waals surface area contributed by atoms with Gasteiger partial charge in [-0.1, -0.05) is 30.3 Å². The normalized spacial score (nSPS) is 17.2. The molecule has 28 heavy (non-hydrogen) atoms. The predicted octanol–water partition coefficient (Wildman–Crippen LogP) is 2.90. The number of nitrogens with zero attached hydrogens (tertiary/aromatic N) is 2. The molecule has 7 nitrogen and oxygen atoms in total. The lowest BCUT2D eigenvalue weighted by atomic mass is 9.92. The molecule has 2 aromatic rings. The lowest BCUT2D eigenvalue weighted by Gasteiger charge is -2.17. The summed E-state index contributed by atoms with van der Waals surface area (Å²) in [6.07, 6.45) is 1.35. The third-order valence-corrected chi connectivity index (χ3v) is 4.59. The van der Waals surface area contributed by atoms with E-state index in [1.807, 2.05) is 30.3 Å². The van der Waals surface area contributed by atoms with Gasteiger partial charge in [-0.2, -0.15) is 5.26 Å². The molecule has 2 aromatic carbocycles. The highest BCUT2D eigenvalue weighted by Gasteiger charge is 2.31. The van der Waals surface area contributed by atoms with Crippen LogP contribution < -0.4 is 20.9 Å². The third-order valence-electron chi connectivity index (χ3n) is 4.59. The topological polar surface area (TPSA) is 116 Å². The summed E-state index contributed by atoms with van der Waals surface area (Å²) in [5, 5.41) is 9.82. The van der Waals surface area contributed by atoms with Crippen LogP contribution >= 0.6 is 0 Å². The fraction of sp³-hybridized carbons (Fsp3) is 0.238. The number of aliphatic imine (C=N–C) groups is 1. The van der Waals surface area contributed by atoms with E-state index in [2.05, 4.69) is 11.1 Å². The SMILES string of the molecule is COc1cc(N)c(/C(=C\N)C(C#N)C2=NC(c3ccccc3)CO2)cc1OC. The molecule has 0 saturated carbocycles. The molecule has 0 radical (unpaired) electrons. The summed E-state index contributed by atoms with van der Waals surface area (Å²) >= 11 is 0. The Morgan fingerprint density at radius 3 is 2.54 bits per heavy atom. The van der Waals surface area contributed by atoms with E-state index in [0.717, 1.165) is 5.56 Å². The Labute approximate surface area is 163 Å². The zero-order valence-corrected chi connectivity index (χ0v) is 15.8. The number of nitrogen functional groups attached to an aromatic ring is 1. The average molecular weight is 378 g/mol. The van der Waals surface area contributed by atoms with E-state index in [9.17, 15) is 5.26 Å². The second-order valence-corrected chi connectivity index (χ2v) is 6.18. The molecule has 0 amide bonds. The van der Waals surface area contributed by atoms with Gasteiger partial charge >= 0.3 is 0 Å². The molecule has 1 aliphatic rings. The number of hydrogen-bond donors (Lipinski definition) is 2. The number of hydrogen-bond acceptors (Lipinski definition) is 7. The van der Waals surface area contributed by atoms with Crippen molar-refractivity contribution in [3.63, 3.8) is 0 Å². The van der Waals surface area contributed by atoms with E-state index >= 15 is 0 Å². The molecule has 0 aliphatic carbocycles. The van der Waals surface area contributed by atoms with Crippen LogP contribution in [-0.4, -0.2) is 26.7 Å². The molecule has 0 saturated heterocycles. The molecule has 1 heterocycles. The van der Waals surface area contributed by atoms with Crippen molar-refractivity contribution in [2.75, 3.05) is 26.6 Å². The van der Waals surface area contributed by atoms with Crippen molar-refractivity contribution in [2.24, 2.45) is 16.6 Å². The van der Waals surface area contributed by atoms with Crippen LogP contribution in [0.2, 0.25) is 0 Å². The summed E-state index contributed by atoms with van der Waals surface area (Å²) in [4.78, 5) is 4.61. The quantitative estimate of drug-likeness (QED) is 0.747. The molecular weight excluding hydrogens is 356 g/mol. The Morgan fingerprint density at radius 2 is 1.93 bits per heavy atom. The van der Waals surface area contributed by atoms with Crippen LogP contribution in [0.1, 0.15) is 17.2 Å². The second-order valence-electron chi connectivity index (χ2n) is 6.18. The Morgan fingerprint density at radius 1 is 1.25 bits per heavy atom. The molecule has 0 fully saturated rings. The highest BCUT2D eigenvalue weighted by molar-refractivity contribution is 5.97. The number of ether oxygens (including phenoxy) is 3. The molecule has 0 aromatic heterocycles. The summed E-state index contributed by atoms with van der Waals surface area (Å²) in [7, 11) is 3.06. The van der Waals surface area contributed by atoms with Crippen LogP contribution in [0.3, 0.4) is 0 Å². The zero-order valence-electron chi connectivity index (χ0n) is 15.8. The fourth-order valence-electron chi connectivity index (χ4n) is 3.14. The molecule has 144 valence electrons. The van der Waals surface area contributed by atoms with Gasteiger partial charge in [-0.3, -0.25) is 0 Å². The first-order valence-corrected chi connectivity index (χ1v) is 8.71. The smallest absolute Gasteiger partial charge is 0.206 e. The van der Waals surface area contributed by atoms with Crippen LogP contribution in [0.4, 0.5) is 5.69 Å². The summed E-state index contributed by atoms with van der Waals surface area (Å²) in [6, 6.07) is 15.2. The molecular formula is C21H22N4O3. The molecule has 4 N–H and O–H groups in total. The monoisotopic (exact) mass is 378 g/mol. The first kappa shape index (κ1) is 19.1. The number of nitriles is 1. The minimum Gasteiger partial charge on any atom is -0.493 e. The van der Waals surface area contributed by atoms with E-state index in [4.69, 9.17) is 25.7 Å². The van der Waals surface area contributed by atoms with Gasteiger partial charge < -0.3 is 25.7 Å². The first-order valence-electron chi connectivity index (χ1n) is 8.71. The van der Waals surface area contributed by atoms with Gasteiger partial charge in [-0.15, -0.1) is 0 Å². The molecule has 2 atom stereocenters. The van der Waals surface area contributed by atoms with E-state index < -0.39 is 5.92 Å². The van der Waals surface area contributed by atoms with Crippen molar-refractivity contribution in [3.8, 4) is 17.6 Å². The maximum absolute atomic E-state index is 9.82. The van der Waals surface area contributed by atoms with Crippen molar-refractivity contribution < 1.29 is 14.2 Å². The Hall–Kier alpha value is -3.66. The molecule has 0 spiro atoms. The molecule has 2 unspecified atom stereocenters. The Balaban J connectivity index is 1.97. The summed E-state index contributed by atoms with van der Waals surface area (Å²) in [5.74, 6) is 0.507. The van der Waals surface area contributed by atoms with Gasteiger partial charge in [0.2, 0.25) is 5.90 Å².